The molecule has 21 heavy (non-hydrogen) atoms. The van der Waals surface area contributed by atoms with Gasteiger partial charge in [0.15, 0.2) is 0 Å². The Hall–Kier alpha value is -2.73. The number of aliphatic carboxylic acids is 1. The number of carbonyl (C=O) groups excluding carboxylic acids is 1. The molecule has 0 aromatic carbocycles. The summed E-state index contributed by atoms with van der Waals surface area (Å²) < 4.78 is 0. The van der Waals surface area contributed by atoms with Crippen LogP contribution in [0.5, 0.6) is 0 Å². The van der Waals surface area contributed by atoms with Crippen LogP contribution in [0.25, 0.3) is 6.08 Å². The number of nitrogens with one attached hydrogen (secondary N) is 1. The van der Waals surface area contributed by atoms with Gasteiger partial charge in [-0.05, 0) is 24.3 Å². The van der Waals surface area contributed by atoms with Crippen LogP contribution >= 0.6 is 11.6 Å². The molecule has 0 bridgehead atoms. The van der Waals surface area contributed by atoms with Gasteiger partial charge >= 0.3 is 5.97 Å². The van der Waals surface area contributed by atoms with E-state index in [1.165, 1.54) is 30.7 Å². The van der Waals surface area contributed by atoms with Gasteiger partial charge in [0.25, 0.3) is 5.91 Å². The van der Waals surface area contributed by atoms with E-state index in [2.05, 4.69) is 15.3 Å². The van der Waals surface area contributed by atoms with Crippen LogP contribution in [0.1, 0.15) is 15.9 Å². The van der Waals surface area contributed by atoms with Gasteiger partial charge in [-0.2, -0.15) is 0 Å². The highest BCUT2D eigenvalue weighted by Gasteiger charge is 2.10. The first-order chi connectivity index (χ1) is 10.1. The molecule has 6 nitrogen and oxygen atoms in total. The third-order valence-corrected chi connectivity index (χ3v) is 2.69. The number of rotatable bonds is 4. The van der Waals surface area contributed by atoms with E-state index >= 15 is 0 Å². The van der Waals surface area contributed by atoms with Gasteiger partial charge in [0, 0.05) is 30.2 Å². The van der Waals surface area contributed by atoms with E-state index in [9.17, 15) is 9.59 Å². The van der Waals surface area contributed by atoms with Crippen LogP contribution in [0.2, 0.25) is 5.02 Å². The Morgan fingerprint density at radius 3 is 2.71 bits per heavy atom. The van der Waals surface area contributed by atoms with E-state index in [0.29, 0.717) is 22.0 Å². The summed E-state index contributed by atoms with van der Waals surface area (Å²) in [7, 11) is 0. The number of nitrogens with zero attached hydrogens (tertiary/aromatic N) is 2. The van der Waals surface area contributed by atoms with Crippen LogP contribution in [-0.4, -0.2) is 27.0 Å². The van der Waals surface area contributed by atoms with Crippen LogP contribution < -0.4 is 5.32 Å². The molecular weight excluding hydrogens is 294 g/mol. The van der Waals surface area contributed by atoms with E-state index in [1.54, 1.807) is 12.1 Å². The molecule has 0 unspecified atom stereocenters. The number of carbonyl (C=O) groups is 2. The van der Waals surface area contributed by atoms with E-state index in [4.69, 9.17) is 16.7 Å². The van der Waals surface area contributed by atoms with Gasteiger partial charge in [-0.1, -0.05) is 11.6 Å². The summed E-state index contributed by atoms with van der Waals surface area (Å²) in [6.07, 6.45) is 6.51. The molecule has 0 aliphatic heterocycles. The molecule has 0 atom stereocenters. The highest BCUT2D eigenvalue weighted by Crippen LogP contribution is 2.14. The van der Waals surface area contributed by atoms with Crippen molar-refractivity contribution in [3.63, 3.8) is 0 Å². The zero-order valence-electron chi connectivity index (χ0n) is 10.7. The maximum Gasteiger partial charge on any atom is 0.328 e. The van der Waals surface area contributed by atoms with Crippen LogP contribution in [-0.2, 0) is 4.79 Å². The third-order valence-electron chi connectivity index (χ3n) is 2.47. The van der Waals surface area contributed by atoms with Crippen molar-refractivity contribution in [2.45, 2.75) is 0 Å². The number of hydrogen-bond donors (Lipinski definition) is 2. The zero-order chi connectivity index (χ0) is 15.2. The first-order valence-corrected chi connectivity index (χ1v) is 6.22. The Kier molecular flexibility index (Phi) is 4.63. The molecule has 2 heterocycles. The van der Waals surface area contributed by atoms with Gasteiger partial charge in [0.1, 0.15) is 5.82 Å². The summed E-state index contributed by atoms with van der Waals surface area (Å²) >= 11 is 5.71. The number of aromatic nitrogens is 2. The number of halogens is 1. The number of amides is 1. The average molecular weight is 304 g/mol. The molecule has 0 saturated carbocycles. The molecular formula is C14H10ClN3O3. The molecule has 1 amide bonds. The predicted molar refractivity (Wildman–Crippen MR) is 78.1 cm³/mol. The molecule has 2 aromatic heterocycles. The lowest BCUT2D eigenvalue weighted by atomic mass is 10.1. The number of carboxylic acid groups (broad SMARTS) is 1. The number of pyridine rings is 2. The normalized spacial score (nSPS) is 10.5. The van der Waals surface area contributed by atoms with Crippen molar-refractivity contribution in [3.8, 4) is 0 Å². The first-order valence-electron chi connectivity index (χ1n) is 5.84. The standard InChI is InChI=1S/C14H10ClN3O3/c15-10-2-3-12(17-8-10)18-14(21)11-5-6-16-7-9(11)1-4-13(19)20/h1-8H,(H,19,20)(H,17,18,21). The number of carboxylic acids is 1. The Bertz CT molecular complexity index is 699. The fourth-order valence-corrected chi connectivity index (χ4v) is 1.65. The van der Waals surface area contributed by atoms with Crippen molar-refractivity contribution in [1.29, 1.82) is 0 Å². The van der Waals surface area contributed by atoms with E-state index in [1.807, 2.05) is 0 Å². The summed E-state index contributed by atoms with van der Waals surface area (Å²) in [5.41, 5.74) is 0.686. The topological polar surface area (TPSA) is 92.2 Å². The number of anilines is 1. The molecule has 0 fully saturated rings. The maximum absolute atomic E-state index is 12.2. The maximum atomic E-state index is 12.2. The second-order valence-electron chi connectivity index (χ2n) is 3.95. The summed E-state index contributed by atoms with van der Waals surface area (Å²) in [6, 6.07) is 4.66. The second kappa shape index (κ2) is 6.62. The van der Waals surface area contributed by atoms with Crippen molar-refractivity contribution in [3.05, 3.63) is 59.0 Å². The van der Waals surface area contributed by atoms with Crippen LogP contribution in [0, 0.1) is 0 Å². The van der Waals surface area contributed by atoms with E-state index in [0.717, 1.165) is 6.08 Å². The summed E-state index contributed by atoms with van der Waals surface area (Å²) in [4.78, 5) is 30.5. The predicted octanol–water partition coefficient (Wildman–Crippen LogP) is 2.48. The lowest BCUT2D eigenvalue weighted by molar-refractivity contribution is -0.131. The van der Waals surface area contributed by atoms with Crippen molar-refractivity contribution in [2.75, 3.05) is 5.32 Å². The minimum atomic E-state index is -1.11. The highest BCUT2D eigenvalue weighted by atomic mass is 35.5. The van der Waals surface area contributed by atoms with E-state index in [-0.39, 0.29) is 0 Å². The van der Waals surface area contributed by atoms with Gasteiger partial charge in [-0.25, -0.2) is 9.78 Å². The molecule has 0 radical (unpaired) electrons. The van der Waals surface area contributed by atoms with Crippen molar-refractivity contribution >= 4 is 35.4 Å². The lowest BCUT2D eigenvalue weighted by Gasteiger charge is -2.06. The Morgan fingerprint density at radius 1 is 1.24 bits per heavy atom. The monoisotopic (exact) mass is 303 g/mol. The average Bonchev–Trinajstić information content (AvgIpc) is 2.47. The van der Waals surface area contributed by atoms with Gasteiger partial charge in [0.2, 0.25) is 0 Å². The minimum absolute atomic E-state index is 0.291. The first kappa shape index (κ1) is 14.7. The SMILES string of the molecule is O=C(O)C=Cc1cnccc1C(=O)Nc1ccc(Cl)cn1. The molecule has 0 aliphatic carbocycles. The summed E-state index contributed by atoms with van der Waals surface area (Å²) in [6.45, 7) is 0. The molecule has 0 spiro atoms. The van der Waals surface area contributed by atoms with Crippen molar-refractivity contribution in [2.24, 2.45) is 0 Å². The summed E-state index contributed by atoms with van der Waals surface area (Å²) in [5.74, 6) is -1.18. The smallest absolute Gasteiger partial charge is 0.328 e. The molecule has 2 rings (SSSR count). The number of hydrogen-bond acceptors (Lipinski definition) is 4. The third kappa shape index (κ3) is 4.12. The summed E-state index contributed by atoms with van der Waals surface area (Å²) in [5, 5.41) is 11.7. The van der Waals surface area contributed by atoms with Crippen LogP contribution in [0.4, 0.5) is 5.82 Å². The van der Waals surface area contributed by atoms with Gasteiger partial charge < -0.3 is 10.4 Å². The second-order valence-corrected chi connectivity index (χ2v) is 4.39. The molecule has 2 N–H and O–H groups in total. The quantitative estimate of drug-likeness (QED) is 0.847. The Labute approximate surface area is 125 Å². The molecule has 0 saturated heterocycles. The largest absolute Gasteiger partial charge is 0.478 e. The van der Waals surface area contributed by atoms with Crippen molar-refractivity contribution < 1.29 is 14.7 Å². The molecule has 106 valence electrons. The van der Waals surface area contributed by atoms with E-state index < -0.39 is 11.9 Å². The van der Waals surface area contributed by atoms with Crippen LogP contribution in [0.3, 0.4) is 0 Å². The van der Waals surface area contributed by atoms with Gasteiger partial charge in [-0.3, -0.25) is 9.78 Å². The Balaban J connectivity index is 2.23. The lowest BCUT2D eigenvalue weighted by Crippen LogP contribution is -2.14. The van der Waals surface area contributed by atoms with Crippen LogP contribution in [0.15, 0.2) is 42.9 Å². The molecule has 0 aliphatic rings. The van der Waals surface area contributed by atoms with Gasteiger partial charge in [-0.15, -0.1) is 0 Å². The molecule has 7 heteroatoms. The zero-order valence-corrected chi connectivity index (χ0v) is 11.4. The fourth-order valence-electron chi connectivity index (χ4n) is 1.54. The highest BCUT2D eigenvalue weighted by molar-refractivity contribution is 6.30. The Morgan fingerprint density at radius 2 is 2.05 bits per heavy atom. The fraction of sp³-hybridized carbons (Fsp3) is 0. The van der Waals surface area contributed by atoms with Gasteiger partial charge in [0.05, 0.1) is 10.6 Å². The van der Waals surface area contributed by atoms with Crippen molar-refractivity contribution in [1.82, 2.24) is 9.97 Å². The molecule has 2 aromatic rings. The minimum Gasteiger partial charge on any atom is -0.478 e.